The fourth-order valence-corrected chi connectivity index (χ4v) is 3.62. The predicted octanol–water partition coefficient (Wildman–Crippen LogP) is 1.72. The molecule has 2 aliphatic heterocycles. The van der Waals surface area contributed by atoms with Crippen LogP contribution in [0.15, 0.2) is 30.3 Å². The Labute approximate surface area is 142 Å². The molecule has 2 atom stereocenters. The fraction of sp³-hybridized carbons (Fsp3) is 0.556. The lowest BCUT2D eigenvalue weighted by molar-refractivity contribution is -0.132. The summed E-state index contributed by atoms with van der Waals surface area (Å²) in [5, 5.41) is 2.88. The van der Waals surface area contributed by atoms with Gasteiger partial charge in [0.2, 0.25) is 0 Å². The third kappa shape index (κ3) is 3.24. The number of nitrogens with zero attached hydrogens (tertiary/aromatic N) is 2. The Balaban J connectivity index is 1.55. The summed E-state index contributed by atoms with van der Waals surface area (Å²) in [5.74, 6) is 0.877. The Hall–Kier alpha value is -2.08. The smallest absolute Gasteiger partial charge is 0.324 e. The van der Waals surface area contributed by atoms with Crippen LogP contribution >= 0.6 is 0 Å². The number of urea groups is 1. The van der Waals surface area contributed by atoms with Crippen molar-refractivity contribution < 1.29 is 14.3 Å². The molecule has 0 radical (unpaired) electrons. The molecule has 0 spiro atoms. The zero-order chi connectivity index (χ0) is 17.2. The maximum Gasteiger partial charge on any atom is 0.324 e. The van der Waals surface area contributed by atoms with E-state index in [-0.39, 0.29) is 17.9 Å². The average Bonchev–Trinajstić information content (AvgIpc) is 2.80. The average molecular weight is 331 g/mol. The second kappa shape index (κ2) is 6.81. The van der Waals surface area contributed by atoms with E-state index in [1.807, 2.05) is 37.3 Å². The Morgan fingerprint density at radius 2 is 2.04 bits per heavy atom. The van der Waals surface area contributed by atoms with Crippen LogP contribution in [0.5, 0.6) is 5.75 Å². The minimum Gasteiger partial charge on any atom is -0.492 e. The Bertz CT molecular complexity index is 607. The molecule has 0 bridgehead atoms. The van der Waals surface area contributed by atoms with Gasteiger partial charge in [0.25, 0.3) is 5.91 Å². The number of imide groups is 1. The van der Waals surface area contributed by atoms with Crippen molar-refractivity contribution in [2.45, 2.75) is 25.3 Å². The summed E-state index contributed by atoms with van der Waals surface area (Å²) >= 11 is 0. The largest absolute Gasteiger partial charge is 0.492 e. The standard InChI is InChI=1S/C18H25N3O3/c1-18(16(22)20(2)17(23)19-18)14-7-6-10-21(13-14)11-12-24-15-8-4-3-5-9-15/h3-5,8-9,14H,6-7,10-13H2,1-2H3,(H,19,23)/t14-,18-/m0/s1. The molecule has 1 N–H and O–H groups in total. The van der Waals surface area contributed by atoms with E-state index < -0.39 is 5.54 Å². The zero-order valence-electron chi connectivity index (χ0n) is 14.3. The van der Waals surface area contributed by atoms with Crippen molar-refractivity contribution in [2.75, 3.05) is 33.3 Å². The van der Waals surface area contributed by atoms with Crippen molar-refractivity contribution in [1.82, 2.24) is 15.1 Å². The van der Waals surface area contributed by atoms with Crippen molar-refractivity contribution in [3.8, 4) is 5.75 Å². The van der Waals surface area contributed by atoms with E-state index in [0.717, 1.165) is 38.2 Å². The third-order valence-electron chi connectivity index (χ3n) is 5.16. The van der Waals surface area contributed by atoms with Gasteiger partial charge in [0.1, 0.15) is 17.9 Å². The monoisotopic (exact) mass is 331 g/mol. The van der Waals surface area contributed by atoms with Crippen LogP contribution in [0, 0.1) is 5.92 Å². The molecule has 24 heavy (non-hydrogen) atoms. The third-order valence-corrected chi connectivity index (χ3v) is 5.16. The number of likely N-dealkylation sites (tertiary alicyclic amines) is 1. The first-order chi connectivity index (χ1) is 11.5. The summed E-state index contributed by atoms with van der Waals surface area (Å²) < 4.78 is 5.76. The summed E-state index contributed by atoms with van der Waals surface area (Å²) in [6.07, 6.45) is 1.98. The van der Waals surface area contributed by atoms with E-state index in [1.54, 1.807) is 0 Å². The van der Waals surface area contributed by atoms with Gasteiger partial charge in [0.15, 0.2) is 0 Å². The van der Waals surface area contributed by atoms with Gasteiger partial charge in [0, 0.05) is 26.1 Å². The molecule has 2 fully saturated rings. The van der Waals surface area contributed by atoms with Crippen LogP contribution < -0.4 is 10.1 Å². The van der Waals surface area contributed by atoms with Gasteiger partial charge in [-0.25, -0.2) is 4.79 Å². The number of para-hydroxylation sites is 1. The van der Waals surface area contributed by atoms with Gasteiger partial charge in [-0.2, -0.15) is 0 Å². The van der Waals surface area contributed by atoms with Gasteiger partial charge in [-0.05, 0) is 38.4 Å². The molecule has 130 valence electrons. The molecule has 2 aliphatic rings. The highest BCUT2D eigenvalue weighted by Crippen LogP contribution is 2.31. The van der Waals surface area contributed by atoms with Crippen molar-refractivity contribution >= 4 is 11.9 Å². The molecular weight excluding hydrogens is 306 g/mol. The molecular formula is C18H25N3O3. The molecule has 2 heterocycles. The molecule has 2 saturated heterocycles. The predicted molar refractivity (Wildman–Crippen MR) is 90.8 cm³/mol. The normalized spacial score (nSPS) is 28.1. The second-order valence-electron chi connectivity index (χ2n) is 6.80. The molecule has 3 amide bonds. The highest BCUT2D eigenvalue weighted by Gasteiger charge is 2.51. The number of piperidine rings is 1. The van der Waals surface area contributed by atoms with Gasteiger partial charge >= 0.3 is 6.03 Å². The topological polar surface area (TPSA) is 61.9 Å². The van der Waals surface area contributed by atoms with Crippen LogP contribution in [-0.2, 0) is 4.79 Å². The lowest BCUT2D eigenvalue weighted by atomic mass is 9.80. The number of nitrogens with one attached hydrogen (secondary N) is 1. The number of rotatable bonds is 5. The number of benzene rings is 1. The van der Waals surface area contributed by atoms with Crippen LogP contribution in [0.1, 0.15) is 19.8 Å². The molecule has 6 nitrogen and oxygen atoms in total. The molecule has 3 rings (SSSR count). The van der Waals surface area contributed by atoms with Crippen molar-refractivity contribution in [3.05, 3.63) is 30.3 Å². The molecule has 0 saturated carbocycles. The number of carbonyl (C=O) groups is 2. The van der Waals surface area contributed by atoms with E-state index >= 15 is 0 Å². The molecule has 0 aliphatic carbocycles. The van der Waals surface area contributed by atoms with Gasteiger partial charge < -0.3 is 10.1 Å². The number of ether oxygens (including phenoxy) is 1. The molecule has 0 unspecified atom stereocenters. The lowest BCUT2D eigenvalue weighted by Gasteiger charge is -2.39. The Kier molecular flexibility index (Phi) is 4.76. The summed E-state index contributed by atoms with van der Waals surface area (Å²) in [4.78, 5) is 27.8. The van der Waals surface area contributed by atoms with Gasteiger partial charge in [-0.3, -0.25) is 14.6 Å². The van der Waals surface area contributed by atoms with E-state index in [0.29, 0.717) is 6.61 Å². The minimum atomic E-state index is -0.787. The van der Waals surface area contributed by atoms with E-state index in [2.05, 4.69) is 10.2 Å². The first kappa shape index (κ1) is 16.8. The van der Waals surface area contributed by atoms with Gasteiger partial charge in [0.05, 0.1) is 0 Å². The number of carbonyl (C=O) groups excluding carboxylic acids is 2. The molecule has 0 aromatic heterocycles. The number of likely N-dealkylation sites (N-methyl/N-ethyl adjacent to an activating group) is 1. The summed E-state index contributed by atoms with van der Waals surface area (Å²) in [6.45, 7) is 5.09. The second-order valence-corrected chi connectivity index (χ2v) is 6.80. The van der Waals surface area contributed by atoms with Crippen LogP contribution in [-0.4, -0.2) is 60.6 Å². The van der Waals surface area contributed by atoms with Crippen molar-refractivity contribution in [1.29, 1.82) is 0 Å². The van der Waals surface area contributed by atoms with Crippen molar-refractivity contribution in [3.63, 3.8) is 0 Å². The highest BCUT2D eigenvalue weighted by molar-refractivity contribution is 6.06. The van der Waals surface area contributed by atoms with Crippen LogP contribution in [0.3, 0.4) is 0 Å². The fourth-order valence-electron chi connectivity index (χ4n) is 3.62. The number of hydrogen-bond donors (Lipinski definition) is 1. The van der Waals surface area contributed by atoms with E-state index in [1.165, 1.54) is 11.9 Å². The van der Waals surface area contributed by atoms with E-state index in [9.17, 15) is 9.59 Å². The van der Waals surface area contributed by atoms with Crippen LogP contribution in [0.25, 0.3) is 0 Å². The number of amides is 3. The van der Waals surface area contributed by atoms with Crippen LogP contribution in [0.2, 0.25) is 0 Å². The molecule has 6 heteroatoms. The summed E-state index contributed by atoms with van der Waals surface area (Å²) in [5.41, 5.74) is -0.787. The van der Waals surface area contributed by atoms with Gasteiger partial charge in [-0.1, -0.05) is 18.2 Å². The maximum absolute atomic E-state index is 12.4. The lowest BCUT2D eigenvalue weighted by Crippen LogP contribution is -2.56. The highest BCUT2D eigenvalue weighted by atomic mass is 16.5. The maximum atomic E-state index is 12.4. The van der Waals surface area contributed by atoms with Gasteiger partial charge in [-0.15, -0.1) is 0 Å². The molecule has 1 aromatic carbocycles. The first-order valence-electron chi connectivity index (χ1n) is 8.51. The number of hydrogen-bond acceptors (Lipinski definition) is 4. The molecule has 1 aromatic rings. The Morgan fingerprint density at radius 3 is 2.71 bits per heavy atom. The summed E-state index contributed by atoms with van der Waals surface area (Å²) in [6, 6.07) is 9.47. The Morgan fingerprint density at radius 1 is 1.29 bits per heavy atom. The first-order valence-corrected chi connectivity index (χ1v) is 8.51. The summed E-state index contributed by atoms with van der Waals surface area (Å²) in [7, 11) is 1.54. The van der Waals surface area contributed by atoms with Crippen LogP contribution in [0.4, 0.5) is 4.79 Å². The van der Waals surface area contributed by atoms with E-state index in [4.69, 9.17) is 4.74 Å². The SMILES string of the molecule is CN1C(=O)N[C@@](C)([C@H]2CCCN(CCOc3ccccc3)C2)C1=O. The minimum absolute atomic E-state index is 0.125. The quantitative estimate of drug-likeness (QED) is 0.835. The van der Waals surface area contributed by atoms with Crippen molar-refractivity contribution in [2.24, 2.45) is 5.92 Å². The zero-order valence-corrected chi connectivity index (χ0v) is 14.3.